The Morgan fingerprint density at radius 2 is 1.56 bits per heavy atom. The first kappa shape index (κ1) is 36.2. The van der Waals surface area contributed by atoms with Crippen LogP contribution in [0.5, 0.6) is 0 Å². The molecule has 3 aromatic rings. The molecule has 4 N–H and O–H groups in total. The van der Waals surface area contributed by atoms with Gasteiger partial charge in [-0.25, -0.2) is 13.4 Å². The van der Waals surface area contributed by atoms with Crippen molar-refractivity contribution in [2.75, 3.05) is 22.9 Å². The van der Waals surface area contributed by atoms with Gasteiger partial charge < -0.3 is 10.6 Å². The molecule has 0 spiro atoms. The zero-order chi connectivity index (χ0) is 35.1. The maximum Gasteiger partial charge on any atom is 0.296 e. The number of nitrogens with one attached hydrogen (secondary N) is 2. The number of rotatable bonds is 13. The molecule has 1 aliphatic carbocycles. The molecule has 19 heteroatoms. The molecule has 1 fully saturated rings. The molecule has 48 heavy (non-hydrogen) atoms. The van der Waals surface area contributed by atoms with Crippen LogP contribution in [-0.2, 0) is 30.1 Å². The van der Waals surface area contributed by atoms with Gasteiger partial charge in [-0.3, -0.25) is 9.11 Å². The van der Waals surface area contributed by atoms with Crippen molar-refractivity contribution in [3.63, 3.8) is 0 Å². The molecule has 1 aromatic heterocycles. The summed E-state index contributed by atoms with van der Waals surface area (Å²) in [6.07, 6.45) is 4.77. The number of aromatic nitrogens is 1. The summed E-state index contributed by atoms with van der Waals surface area (Å²) in [6, 6.07) is 10.5. The first-order valence-corrected chi connectivity index (χ1v) is 19.0. The van der Waals surface area contributed by atoms with Gasteiger partial charge in [-0.1, -0.05) is 25.8 Å². The molecule has 0 amide bonds. The Morgan fingerprint density at radius 1 is 0.917 bits per heavy atom. The van der Waals surface area contributed by atoms with E-state index in [2.05, 4.69) is 48.7 Å². The number of nitriles is 1. The van der Waals surface area contributed by atoms with E-state index in [0.717, 1.165) is 55.7 Å². The normalized spacial score (nSPS) is 14.6. The fourth-order valence-electron chi connectivity index (χ4n) is 4.78. The Kier molecular flexibility index (Phi) is 11.4. The van der Waals surface area contributed by atoms with E-state index in [1.807, 2.05) is 0 Å². The lowest BCUT2D eigenvalue weighted by molar-refractivity contribution is 0.462. The Labute approximate surface area is 278 Å². The van der Waals surface area contributed by atoms with Crippen LogP contribution in [0.15, 0.2) is 84.7 Å². The quantitative estimate of drug-likeness (QED) is 0.112. The zero-order valence-electron chi connectivity index (χ0n) is 25.6. The predicted molar refractivity (Wildman–Crippen MR) is 178 cm³/mol. The van der Waals surface area contributed by atoms with Crippen LogP contribution in [0.2, 0.25) is 0 Å². The van der Waals surface area contributed by atoms with Gasteiger partial charge in [0.25, 0.3) is 20.2 Å². The Hall–Kier alpha value is -4.61. The molecule has 1 heterocycles. The number of hydrogen-bond acceptors (Lipinski definition) is 14. The molecule has 1 saturated carbocycles. The first-order valence-electron chi connectivity index (χ1n) is 14.4. The molecule has 16 nitrogen and oxygen atoms in total. The number of azo groups is 2. The molecular formula is C29H32N8O8S3. The maximum atomic E-state index is 12.3. The molecule has 0 atom stereocenters. The fraction of sp³-hybridized carbons (Fsp3) is 0.310. The van der Waals surface area contributed by atoms with E-state index in [0.29, 0.717) is 5.56 Å². The second-order valence-electron chi connectivity index (χ2n) is 10.7. The van der Waals surface area contributed by atoms with E-state index < -0.39 is 35.0 Å². The molecule has 0 bridgehead atoms. The molecule has 2 aromatic carbocycles. The predicted octanol–water partition coefficient (Wildman–Crippen LogP) is 6.30. The summed E-state index contributed by atoms with van der Waals surface area (Å²) >= 11 is 0. The summed E-state index contributed by atoms with van der Waals surface area (Å²) in [7, 11) is -12.8. The van der Waals surface area contributed by atoms with Crippen molar-refractivity contribution in [1.29, 1.82) is 5.26 Å². The summed E-state index contributed by atoms with van der Waals surface area (Å²) in [5, 5.41) is 33.3. The lowest BCUT2D eigenvalue weighted by atomic mass is 9.95. The molecule has 0 radical (unpaired) electrons. The maximum absolute atomic E-state index is 12.3. The molecule has 254 valence electrons. The van der Waals surface area contributed by atoms with Crippen LogP contribution in [0.25, 0.3) is 0 Å². The van der Waals surface area contributed by atoms with Gasteiger partial charge in [0.1, 0.15) is 28.2 Å². The van der Waals surface area contributed by atoms with Gasteiger partial charge >= 0.3 is 0 Å². The van der Waals surface area contributed by atoms with Crippen molar-refractivity contribution >= 4 is 64.5 Å². The Bertz CT molecular complexity index is 2120. The number of nitrogens with zero attached hydrogens (tertiary/aromatic N) is 6. The third kappa shape index (κ3) is 9.48. The van der Waals surface area contributed by atoms with Gasteiger partial charge in [0.2, 0.25) is 0 Å². The number of pyridine rings is 1. The third-order valence-electron chi connectivity index (χ3n) is 7.30. The molecule has 0 saturated heterocycles. The van der Waals surface area contributed by atoms with E-state index in [-0.39, 0.29) is 63.2 Å². The van der Waals surface area contributed by atoms with Gasteiger partial charge in [0, 0.05) is 23.6 Å². The summed E-state index contributed by atoms with van der Waals surface area (Å²) in [5.74, 6) is 0.103. The molecule has 0 unspecified atom stereocenters. The molecule has 0 aliphatic heterocycles. The highest BCUT2D eigenvalue weighted by molar-refractivity contribution is 7.94. The van der Waals surface area contributed by atoms with Gasteiger partial charge in [0.05, 0.1) is 27.6 Å². The van der Waals surface area contributed by atoms with Crippen molar-refractivity contribution in [3.05, 3.63) is 65.6 Å². The highest BCUT2D eigenvalue weighted by Crippen LogP contribution is 2.38. The first-order chi connectivity index (χ1) is 22.6. The van der Waals surface area contributed by atoms with Gasteiger partial charge in [-0.05, 0) is 62.2 Å². The summed E-state index contributed by atoms with van der Waals surface area (Å²) in [4.78, 5) is 3.56. The minimum Gasteiger partial charge on any atom is -0.368 e. The standard InChI is InChI=1S/C29H32N8O8S3/c1-3-46(38,39)16-15-31-28-24(18-30)19(2)27(29(33-28)32-20-7-5-4-6-8-20)37-36-25-14-11-22(17-26(25)48(43,44)45)35-34-21-9-12-23(13-10-21)47(40,41)42/h3,9-14,17,20H,1,4-8,15-16H2,2H3,(H2,31,32,33)(H,40,41,42)(H,43,44,45)/b35-34+,37-36+. The number of anilines is 2. The van der Waals surface area contributed by atoms with Crippen LogP contribution in [0.4, 0.5) is 34.4 Å². The largest absolute Gasteiger partial charge is 0.368 e. The molecule has 1 aliphatic rings. The SMILES string of the molecule is C=CS(=O)(=O)CCNc1nc(NC2CCCCC2)c(/N=N/c2ccc(/N=N/c3ccc(S(=O)(=O)O)cc3)cc2S(=O)(=O)O)c(C)c1C#N. The van der Waals surface area contributed by atoms with Crippen LogP contribution in [0, 0.1) is 18.3 Å². The number of sulfone groups is 1. The minimum absolute atomic E-state index is 0.00130. The minimum atomic E-state index is -4.85. The molecular weight excluding hydrogens is 685 g/mol. The van der Waals surface area contributed by atoms with Crippen LogP contribution < -0.4 is 10.6 Å². The topological polar surface area (TPSA) is 253 Å². The smallest absolute Gasteiger partial charge is 0.296 e. The summed E-state index contributed by atoms with van der Waals surface area (Å²) in [5.41, 5.74) is 0.479. The highest BCUT2D eigenvalue weighted by atomic mass is 32.2. The van der Waals surface area contributed by atoms with Crippen molar-refractivity contribution in [2.45, 2.75) is 54.9 Å². The second kappa shape index (κ2) is 15.1. The fourth-order valence-corrected chi connectivity index (χ4v) is 6.45. The second-order valence-corrected chi connectivity index (χ2v) is 15.6. The van der Waals surface area contributed by atoms with E-state index in [1.165, 1.54) is 24.3 Å². The lowest BCUT2D eigenvalue weighted by Gasteiger charge is -2.25. The van der Waals surface area contributed by atoms with Crippen molar-refractivity contribution < 1.29 is 34.4 Å². The van der Waals surface area contributed by atoms with Gasteiger partial charge in [-0.2, -0.15) is 32.3 Å². The summed E-state index contributed by atoms with van der Waals surface area (Å²) < 4.78 is 90.0. The van der Waals surface area contributed by atoms with Crippen LogP contribution in [-0.4, -0.2) is 57.7 Å². The van der Waals surface area contributed by atoms with Crippen LogP contribution in [0.1, 0.15) is 43.2 Å². The number of benzene rings is 2. The summed E-state index contributed by atoms with van der Waals surface area (Å²) in [6.45, 7) is 4.85. The van der Waals surface area contributed by atoms with Gasteiger partial charge in [0.15, 0.2) is 15.7 Å². The van der Waals surface area contributed by atoms with E-state index in [9.17, 15) is 35.1 Å². The van der Waals surface area contributed by atoms with Crippen molar-refractivity contribution in [3.8, 4) is 6.07 Å². The van der Waals surface area contributed by atoms with Crippen molar-refractivity contribution in [1.82, 2.24) is 4.98 Å². The zero-order valence-corrected chi connectivity index (χ0v) is 28.1. The Balaban J connectivity index is 1.71. The average Bonchev–Trinajstić information content (AvgIpc) is 3.03. The third-order valence-corrected chi connectivity index (χ3v) is 10.3. The van der Waals surface area contributed by atoms with Crippen LogP contribution in [0.3, 0.4) is 0 Å². The van der Waals surface area contributed by atoms with E-state index >= 15 is 0 Å². The average molecular weight is 717 g/mol. The monoisotopic (exact) mass is 716 g/mol. The lowest BCUT2D eigenvalue weighted by Crippen LogP contribution is -2.23. The van der Waals surface area contributed by atoms with Crippen molar-refractivity contribution in [2.24, 2.45) is 20.5 Å². The van der Waals surface area contributed by atoms with E-state index in [1.54, 1.807) is 6.92 Å². The Morgan fingerprint density at radius 3 is 2.17 bits per heavy atom. The van der Waals surface area contributed by atoms with Gasteiger partial charge in [-0.15, -0.1) is 10.2 Å². The highest BCUT2D eigenvalue weighted by Gasteiger charge is 2.22. The molecule has 4 rings (SSSR count). The van der Waals surface area contributed by atoms with Crippen LogP contribution >= 0.6 is 0 Å². The number of hydrogen-bond donors (Lipinski definition) is 4. The van der Waals surface area contributed by atoms with E-state index in [4.69, 9.17) is 4.55 Å².